The van der Waals surface area contributed by atoms with Crippen LogP contribution in [0.5, 0.6) is 28.7 Å². The van der Waals surface area contributed by atoms with Crippen LogP contribution < -0.4 is 18.9 Å². The summed E-state index contributed by atoms with van der Waals surface area (Å²) in [6.45, 7) is 2.24. The topological polar surface area (TPSA) is 86.7 Å². The van der Waals surface area contributed by atoms with Gasteiger partial charge in [0.05, 0.1) is 26.7 Å². The van der Waals surface area contributed by atoms with Gasteiger partial charge in [0, 0.05) is 18.4 Å². The maximum absolute atomic E-state index is 13.3. The molecule has 1 saturated heterocycles. The van der Waals surface area contributed by atoms with E-state index in [0.29, 0.717) is 23.9 Å². The van der Waals surface area contributed by atoms with Gasteiger partial charge in [-0.05, 0) is 72.5 Å². The fourth-order valence-corrected chi connectivity index (χ4v) is 6.47. The Hall–Kier alpha value is -3.91. The molecule has 0 aromatic heterocycles. The van der Waals surface area contributed by atoms with Crippen LogP contribution in [0.15, 0.2) is 54.6 Å². The number of cyclic esters (lactones) is 1. The first-order chi connectivity index (χ1) is 19.0. The first-order valence-corrected chi connectivity index (χ1v) is 13.3. The van der Waals surface area contributed by atoms with Crippen LogP contribution in [0, 0.1) is 11.8 Å². The van der Waals surface area contributed by atoms with E-state index in [2.05, 4.69) is 42.3 Å². The molecule has 39 heavy (non-hydrogen) atoms. The van der Waals surface area contributed by atoms with Crippen molar-refractivity contribution in [3.63, 3.8) is 0 Å². The highest BCUT2D eigenvalue weighted by molar-refractivity contribution is 5.79. The van der Waals surface area contributed by atoms with Gasteiger partial charge in [-0.2, -0.15) is 0 Å². The Kier molecular flexibility index (Phi) is 6.73. The number of phenolic OH excluding ortho intramolecular Hbond substituents is 1. The van der Waals surface area contributed by atoms with E-state index in [0.717, 1.165) is 42.0 Å². The predicted octanol–water partition coefficient (Wildman–Crippen LogP) is 4.68. The van der Waals surface area contributed by atoms with E-state index in [9.17, 15) is 9.90 Å². The van der Waals surface area contributed by atoms with E-state index in [1.807, 2.05) is 12.1 Å². The van der Waals surface area contributed by atoms with Crippen LogP contribution in [-0.4, -0.2) is 57.2 Å². The average molecular weight is 532 g/mol. The Morgan fingerprint density at radius 3 is 2.28 bits per heavy atom. The van der Waals surface area contributed by atoms with Gasteiger partial charge < -0.3 is 33.7 Å². The predicted molar refractivity (Wildman–Crippen MR) is 144 cm³/mol. The number of phenols is 1. The SMILES string of the molecule is COc1cc([C@@H]2c3cc4c(cc3[C@@H](CCN(C)Cc3ccccc3)[C@H]3COC(=O)[C@H]23)OCO4)cc(OC)c1O. The lowest BCUT2D eigenvalue weighted by Gasteiger charge is -2.40. The van der Waals surface area contributed by atoms with Crippen LogP contribution in [0.2, 0.25) is 0 Å². The van der Waals surface area contributed by atoms with E-state index >= 15 is 0 Å². The van der Waals surface area contributed by atoms with Crippen molar-refractivity contribution in [1.29, 1.82) is 0 Å². The second-order valence-electron chi connectivity index (χ2n) is 10.5. The van der Waals surface area contributed by atoms with Gasteiger partial charge in [-0.25, -0.2) is 0 Å². The second kappa shape index (κ2) is 10.3. The lowest BCUT2D eigenvalue weighted by Crippen LogP contribution is -2.36. The van der Waals surface area contributed by atoms with E-state index < -0.39 is 0 Å². The molecule has 0 spiro atoms. The Balaban J connectivity index is 1.41. The minimum absolute atomic E-state index is 0.00807. The van der Waals surface area contributed by atoms with Crippen molar-refractivity contribution >= 4 is 5.97 Å². The summed E-state index contributed by atoms with van der Waals surface area (Å²) in [4.78, 5) is 15.7. The number of fused-ring (bicyclic) bond motifs is 3. The van der Waals surface area contributed by atoms with E-state index in [1.165, 1.54) is 19.8 Å². The molecule has 0 bridgehead atoms. The Morgan fingerprint density at radius 1 is 0.949 bits per heavy atom. The summed E-state index contributed by atoms with van der Waals surface area (Å²) < 4.78 is 28.2. The van der Waals surface area contributed by atoms with Gasteiger partial charge >= 0.3 is 5.97 Å². The van der Waals surface area contributed by atoms with Crippen LogP contribution in [-0.2, 0) is 16.1 Å². The number of esters is 1. The largest absolute Gasteiger partial charge is 0.502 e. The van der Waals surface area contributed by atoms with Crippen molar-refractivity contribution in [3.05, 3.63) is 76.9 Å². The zero-order chi connectivity index (χ0) is 27.1. The van der Waals surface area contributed by atoms with Crippen molar-refractivity contribution < 1.29 is 33.6 Å². The Morgan fingerprint density at radius 2 is 1.62 bits per heavy atom. The first kappa shape index (κ1) is 25.4. The number of carbonyl (C=O) groups is 1. The molecule has 8 nitrogen and oxygen atoms in total. The molecule has 0 saturated carbocycles. The third kappa shape index (κ3) is 4.52. The molecule has 0 radical (unpaired) electrons. The lowest BCUT2D eigenvalue weighted by molar-refractivity contribution is -0.141. The summed E-state index contributed by atoms with van der Waals surface area (Å²) in [6.07, 6.45) is 0.864. The van der Waals surface area contributed by atoms with Crippen LogP contribution in [0.3, 0.4) is 0 Å². The number of aromatic hydroxyl groups is 1. The van der Waals surface area contributed by atoms with Crippen molar-refractivity contribution in [3.8, 4) is 28.7 Å². The maximum Gasteiger partial charge on any atom is 0.310 e. The molecule has 1 fully saturated rings. The third-order valence-corrected chi connectivity index (χ3v) is 8.32. The number of nitrogens with zero attached hydrogens (tertiary/aromatic N) is 1. The van der Waals surface area contributed by atoms with Crippen molar-refractivity contribution in [2.24, 2.45) is 11.8 Å². The maximum atomic E-state index is 13.3. The quantitative estimate of drug-likeness (QED) is 0.420. The highest BCUT2D eigenvalue weighted by Gasteiger charge is 2.52. The number of methoxy groups -OCH3 is 2. The van der Waals surface area contributed by atoms with E-state index in [4.69, 9.17) is 23.7 Å². The molecular formula is C31H33NO7. The number of hydrogen-bond acceptors (Lipinski definition) is 8. The van der Waals surface area contributed by atoms with Crippen LogP contribution in [0.1, 0.15) is 40.5 Å². The van der Waals surface area contributed by atoms with Gasteiger partial charge in [0.25, 0.3) is 0 Å². The average Bonchev–Trinajstić information content (AvgIpc) is 3.57. The zero-order valence-corrected chi connectivity index (χ0v) is 22.4. The van der Waals surface area contributed by atoms with Crippen molar-refractivity contribution in [2.45, 2.75) is 24.8 Å². The standard InChI is InChI=1S/C31H33NO7/c1-32(15-18-7-5-4-6-8-18)10-9-20-21-13-24-25(39-17-38-24)14-22(21)28(29-23(20)16-37-31(29)34)19-11-26(35-2)30(33)27(12-19)36-3/h4-8,11-14,20,23,28-29,33H,9-10,15-17H2,1-3H3/t20-,23-,28-,29+/m1/s1. The Labute approximate surface area is 228 Å². The fourth-order valence-electron chi connectivity index (χ4n) is 6.47. The summed E-state index contributed by atoms with van der Waals surface area (Å²) in [5, 5.41) is 10.6. The molecule has 1 aliphatic carbocycles. The van der Waals surface area contributed by atoms with Gasteiger partial charge in [0.1, 0.15) is 0 Å². The third-order valence-electron chi connectivity index (χ3n) is 8.32. The second-order valence-corrected chi connectivity index (χ2v) is 10.5. The summed E-state index contributed by atoms with van der Waals surface area (Å²) in [5.74, 6) is 1.07. The summed E-state index contributed by atoms with van der Waals surface area (Å²) in [5.41, 5.74) is 4.22. The Bertz CT molecular complexity index is 1350. The minimum atomic E-state index is -0.388. The van der Waals surface area contributed by atoms with Gasteiger partial charge in [-0.3, -0.25) is 4.79 Å². The van der Waals surface area contributed by atoms with Crippen LogP contribution in [0.25, 0.3) is 0 Å². The number of benzene rings is 3. The van der Waals surface area contributed by atoms with Crippen molar-refractivity contribution in [1.82, 2.24) is 4.90 Å². The molecule has 1 N–H and O–H groups in total. The monoisotopic (exact) mass is 531 g/mol. The minimum Gasteiger partial charge on any atom is -0.502 e. The number of hydrogen-bond donors (Lipinski definition) is 1. The molecule has 3 aromatic rings. The van der Waals surface area contributed by atoms with Gasteiger partial charge in [-0.15, -0.1) is 0 Å². The number of ether oxygens (including phenoxy) is 5. The molecule has 0 amide bonds. The normalized spacial score (nSPS) is 22.8. The number of carbonyl (C=O) groups excluding carboxylic acids is 1. The molecule has 3 aliphatic rings. The molecule has 2 aliphatic heterocycles. The van der Waals surface area contributed by atoms with Gasteiger partial charge in [-0.1, -0.05) is 30.3 Å². The van der Waals surface area contributed by atoms with Gasteiger partial charge in [0.2, 0.25) is 12.5 Å². The van der Waals surface area contributed by atoms with E-state index in [1.54, 1.807) is 12.1 Å². The lowest BCUT2D eigenvalue weighted by atomic mass is 9.62. The fraction of sp³-hybridized carbons (Fsp3) is 0.387. The highest BCUT2D eigenvalue weighted by Crippen LogP contribution is 2.57. The first-order valence-electron chi connectivity index (χ1n) is 13.3. The zero-order valence-electron chi connectivity index (χ0n) is 22.4. The molecule has 3 aromatic carbocycles. The summed E-state index contributed by atoms with van der Waals surface area (Å²) in [7, 11) is 5.13. The highest BCUT2D eigenvalue weighted by atomic mass is 16.7. The molecule has 0 unspecified atom stereocenters. The van der Waals surface area contributed by atoms with Crippen LogP contribution in [0.4, 0.5) is 0 Å². The smallest absolute Gasteiger partial charge is 0.310 e. The molecule has 2 heterocycles. The van der Waals surface area contributed by atoms with Crippen LogP contribution >= 0.6 is 0 Å². The number of rotatable bonds is 8. The van der Waals surface area contributed by atoms with Gasteiger partial charge in [0.15, 0.2) is 23.0 Å². The van der Waals surface area contributed by atoms with E-state index in [-0.39, 0.29) is 42.2 Å². The molecule has 8 heteroatoms. The molecular weight excluding hydrogens is 498 g/mol. The molecule has 6 rings (SSSR count). The molecule has 204 valence electrons. The molecule has 4 atom stereocenters. The van der Waals surface area contributed by atoms with Crippen molar-refractivity contribution in [2.75, 3.05) is 41.2 Å². The summed E-state index contributed by atoms with van der Waals surface area (Å²) >= 11 is 0. The summed E-state index contributed by atoms with van der Waals surface area (Å²) in [6, 6.07) is 18.1.